The molecule has 65 valence electrons. The molecule has 0 N–H and O–H groups in total. The van der Waals surface area contributed by atoms with Crippen molar-refractivity contribution in [3.8, 4) is 0 Å². The lowest BCUT2D eigenvalue weighted by Crippen LogP contribution is -1.84. The molecule has 0 fully saturated rings. The highest BCUT2D eigenvalue weighted by atomic mass is 35.5. The molecule has 0 saturated carbocycles. The van der Waals surface area contributed by atoms with Gasteiger partial charge >= 0.3 is 0 Å². The molecule has 0 unspecified atom stereocenters. The largest absolute Gasteiger partial charge is 0.256 e. The summed E-state index contributed by atoms with van der Waals surface area (Å²) in [5, 5.41) is 1.87. The second kappa shape index (κ2) is 3.35. The van der Waals surface area contributed by atoms with Crippen molar-refractivity contribution in [2.24, 2.45) is 0 Å². The van der Waals surface area contributed by atoms with Gasteiger partial charge in [0, 0.05) is 16.6 Å². The molecule has 2 rings (SSSR count). The van der Waals surface area contributed by atoms with Gasteiger partial charge in [0.2, 0.25) is 0 Å². The Kier molecular flexibility index (Phi) is 2.19. The molecule has 2 aromatic rings. The zero-order valence-electron chi connectivity index (χ0n) is 7.13. The molecule has 1 heterocycles. The van der Waals surface area contributed by atoms with Gasteiger partial charge in [-0.15, -0.1) is 0 Å². The van der Waals surface area contributed by atoms with E-state index in [0.717, 1.165) is 21.5 Å². The van der Waals surface area contributed by atoms with Gasteiger partial charge in [-0.3, -0.25) is 4.98 Å². The van der Waals surface area contributed by atoms with Gasteiger partial charge < -0.3 is 0 Å². The van der Waals surface area contributed by atoms with Crippen LogP contribution in [0.4, 0.5) is 0 Å². The van der Waals surface area contributed by atoms with E-state index in [0.29, 0.717) is 6.42 Å². The Morgan fingerprint density at radius 1 is 1.38 bits per heavy atom. The average Bonchev–Trinajstić information content (AvgIpc) is 2.17. The summed E-state index contributed by atoms with van der Waals surface area (Å²) in [6.07, 6.45) is 2.48. The number of benzene rings is 1. The summed E-state index contributed by atoms with van der Waals surface area (Å²) >= 11 is 6.02. The van der Waals surface area contributed by atoms with Crippen LogP contribution in [0.1, 0.15) is 5.56 Å². The first-order valence-corrected chi connectivity index (χ1v) is 4.51. The lowest BCUT2D eigenvalue weighted by Gasteiger charge is -2.02. The molecule has 0 spiro atoms. The second-order valence-electron chi connectivity index (χ2n) is 2.89. The van der Waals surface area contributed by atoms with Crippen molar-refractivity contribution < 1.29 is 0 Å². The maximum Gasteiger partial charge on any atom is 0.0716 e. The zero-order valence-corrected chi connectivity index (χ0v) is 7.88. The first-order valence-electron chi connectivity index (χ1n) is 4.13. The van der Waals surface area contributed by atoms with E-state index in [1.807, 2.05) is 24.3 Å². The molecule has 0 bridgehead atoms. The van der Waals surface area contributed by atoms with E-state index in [2.05, 4.69) is 11.9 Å². The predicted molar refractivity (Wildman–Crippen MR) is 55.8 cm³/mol. The highest BCUT2D eigenvalue weighted by molar-refractivity contribution is 6.32. The predicted octanol–water partition coefficient (Wildman–Crippen LogP) is 3.26. The summed E-state index contributed by atoms with van der Waals surface area (Å²) in [4.78, 5) is 4.21. The minimum Gasteiger partial charge on any atom is -0.256 e. The first kappa shape index (κ1) is 8.52. The third-order valence-electron chi connectivity index (χ3n) is 2.04. The molecule has 0 saturated heterocycles. The van der Waals surface area contributed by atoms with Gasteiger partial charge in [-0.2, -0.15) is 0 Å². The summed E-state index contributed by atoms with van der Waals surface area (Å²) in [5.41, 5.74) is 2.01. The van der Waals surface area contributed by atoms with E-state index < -0.39 is 0 Å². The van der Waals surface area contributed by atoms with Crippen LogP contribution < -0.4 is 0 Å². The minimum absolute atomic E-state index is 0.712. The molecule has 1 aromatic carbocycles. The van der Waals surface area contributed by atoms with Crippen molar-refractivity contribution in [2.45, 2.75) is 6.42 Å². The monoisotopic (exact) mass is 190 g/mol. The maximum atomic E-state index is 6.02. The zero-order chi connectivity index (χ0) is 9.26. The number of rotatable bonds is 1. The van der Waals surface area contributed by atoms with Gasteiger partial charge in [-0.1, -0.05) is 17.7 Å². The quantitative estimate of drug-likeness (QED) is 0.673. The lowest BCUT2D eigenvalue weighted by atomic mass is 10.1. The van der Waals surface area contributed by atoms with E-state index >= 15 is 0 Å². The van der Waals surface area contributed by atoms with Gasteiger partial charge in [-0.05, 0) is 37.1 Å². The first-order chi connectivity index (χ1) is 6.31. The maximum absolute atomic E-state index is 6.02. The van der Waals surface area contributed by atoms with Crippen molar-refractivity contribution in [1.29, 1.82) is 0 Å². The van der Waals surface area contributed by atoms with Crippen LogP contribution in [0.15, 0.2) is 30.5 Å². The Morgan fingerprint density at radius 2 is 2.23 bits per heavy atom. The molecular weight excluding hydrogens is 182 g/mol. The van der Waals surface area contributed by atoms with Crippen LogP contribution >= 0.6 is 11.6 Å². The van der Waals surface area contributed by atoms with Gasteiger partial charge in [0.15, 0.2) is 0 Å². The van der Waals surface area contributed by atoms with Crippen molar-refractivity contribution in [3.05, 3.63) is 48.0 Å². The fraction of sp³-hybridized carbons (Fsp3) is 0.0909. The number of hydrogen-bond donors (Lipinski definition) is 0. The fourth-order valence-corrected chi connectivity index (χ4v) is 1.59. The van der Waals surface area contributed by atoms with Crippen LogP contribution in [0.3, 0.4) is 0 Å². The van der Waals surface area contributed by atoms with E-state index in [1.165, 1.54) is 0 Å². The fourth-order valence-electron chi connectivity index (χ4n) is 1.33. The molecule has 13 heavy (non-hydrogen) atoms. The van der Waals surface area contributed by atoms with Gasteiger partial charge in [0.05, 0.1) is 5.52 Å². The standard InChI is InChI=1S/C11H9ClN/c1-2-8-6-9-4-3-5-13-11(9)7-10(8)12/h3-7H,1-2H2. The topological polar surface area (TPSA) is 12.9 Å². The van der Waals surface area contributed by atoms with E-state index in [-0.39, 0.29) is 0 Å². The Labute approximate surface area is 82.4 Å². The molecule has 0 aliphatic rings. The molecular formula is C11H9ClN. The SMILES string of the molecule is [CH2]Cc1cc2cccnc2cc1Cl. The third-order valence-corrected chi connectivity index (χ3v) is 2.39. The summed E-state index contributed by atoms with van der Waals surface area (Å²) < 4.78 is 0. The summed E-state index contributed by atoms with van der Waals surface area (Å²) in [6.45, 7) is 3.82. The van der Waals surface area contributed by atoms with Crippen molar-refractivity contribution in [2.75, 3.05) is 0 Å². The second-order valence-corrected chi connectivity index (χ2v) is 3.30. The van der Waals surface area contributed by atoms with Crippen LogP contribution in [0, 0.1) is 6.92 Å². The number of hydrogen-bond acceptors (Lipinski definition) is 1. The van der Waals surface area contributed by atoms with Crippen LogP contribution in [-0.4, -0.2) is 4.98 Å². The molecule has 2 heteroatoms. The minimum atomic E-state index is 0.712. The lowest BCUT2D eigenvalue weighted by molar-refractivity contribution is 1.28. The number of fused-ring (bicyclic) bond motifs is 1. The number of halogens is 1. The smallest absolute Gasteiger partial charge is 0.0716 e. The van der Waals surface area contributed by atoms with E-state index in [1.54, 1.807) is 6.20 Å². The number of nitrogens with zero attached hydrogens (tertiary/aromatic N) is 1. The van der Waals surface area contributed by atoms with Gasteiger partial charge in [0.1, 0.15) is 0 Å². The van der Waals surface area contributed by atoms with E-state index in [4.69, 9.17) is 11.6 Å². The summed E-state index contributed by atoms with van der Waals surface area (Å²) in [7, 11) is 0. The van der Waals surface area contributed by atoms with Crippen molar-refractivity contribution in [3.63, 3.8) is 0 Å². The summed E-state index contributed by atoms with van der Waals surface area (Å²) in [5.74, 6) is 0. The Balaban J connectivity index is 2.74. The van der Waals surface area contributed by atoms with Gasteiger partial charge in [0.25, 0.3) is 0 Å². The highest BCUT2D eigenvalue weighted by Crippen LogP contribution is 2.22. The normalized spacial score (nSPS) is 10.6. The highest BCUT2D eigenvalue weighted by Gasteiger charge is 2.00. The Morgan fingerprint density at radius 3 is 3.00 bits per heavy atom. The molecule has 0 atom stereocenters. The Hall–Kier alpha value is -1.08. The molecule has 0 aliphatic carbocycles. The molecule has 1 radical (unpaired) electrons. The number of pyridine rings is 1. The average molecular weight is 191 g/mol. The molecule has 1 nitrogen and oxygen atoms in total. The van der Waals surface area contributed by atoms with Crippen LogP contribution in [0.5, 0.6) is 0 Å². The van der Waals surface area contributed by atoms with Crippen LogP contribution in [0.2, 0.25) is 5.02 Å². The molecule has 1 aromatic heterocycles. The molecule has 0 aliphatic heterocycles. The third kappa shape index (κ3) is 1.52. The van der Waals surface area contributed by atoms with Gasteiger partial charge in [-0.25, -0.2) is 0 Å². The van der Waals surface area contributed by atoms with E-state index in [9.17, 15) is 0 Å². The van der Waals surface area contributed by atoms with Crippen molar-refractivity contribution >= 4 is 22.5 Å². The number of aromatic nitrogens is 1. The van der Waals surface area contributed by atoms with Crippen molar-refractivity contribution in [1.82, 2.24) is 4.98 Å². The van der Waals surface area contributed by atoms with Crippen LogP contribution in [0.25, 0.3) is 10.9 Å². The summed E-state index contributed by atoms with van der Waals surface area (Å²) in [6, 6.07) is 7.87. The molecule has 0 amide bonds. The van der Waals surface area contributed by atoms with Crippen LogP contribution in [-0.2, 0) is 6.42 Å². The Bertz CT molecular complexity index is 437.